The van der Waals surface area contributed by atoms with Gasteiger partial charge in [0, 0.05) is 10.0 Å². The Hall–Kier alpha value is -3.58. The molecule has 2 saturated heterocycles. The van der Waals surface area contributed by atoms with Crippen LogP contribution in [0.25, 0.3) is 0 Å². The third kappa shape index (κ3) is 2.92. The average Bonchev–Trinajstić information content (AvgIpc) is 3.32. The highest BCUT2D eigenvalue weighted by Crippen LogP contribution is 2.53. The fourth-order valence-electron chi connectivity index (χ4n) is 5.31. The maximum Gasteiger partial charge on any atom is 0.240 e. The summed E-state index contributed by atoms with van der Waals surface area (Å²) in [4.78, 5) is 42.5. The van der Waals surface area contributed by atoms with E-state index in [0.29, 0.717) is 11.3 Å². The molecule has 0 radical (unpaired) electrons. The maximum absolute atomic E-state index is 13.8. The Kier molecular flexibility index (Phi) is 4.55. The van der Waals surface area contributed by atoms with Gasteiger partial charge in [0.05, 0.1) is 29.8 Å². The van der Waals surface area contributed by atoms with E-state index >= 15 is 0 Å². The molecule has 3 aliphatic rings. The molecule has 0 N–H and O–H groups in total. The highest BCUT2D eigenvalue weighted by atomic mass is 79.9. The first kappa shape index (κ1) is 20.1. The standard InChI is InChI=1S/C26H18BrN3O3/c27-17-10-6-11-18(13-17)29-25(32)20-21(26(29)33)23(24(31)15-7-2-1-3-8-15)30-22(20)19-12-5-4-9-16(19)14-28-30/h1-14,20-23H/t20-,21+,22+,23-/m1/s1. The smallest absolute Gasteiger partial charge is 0.240 e. The molecule has 3 aromatic carbocycles. The first-order valence-corrected chi connectivity index (χ1v) is 11.5. The van der Waals surface area contributed by atoms with Crippen LogP contribution in [0.5, 0.6) is 0 Å². The van der Waals surface area contributed by atoms with Crippen molar-refractivity contribution in [2.75, 3.05) is 4.90 Å². The number of nitrogens with zero attached hydrogens (tertiary/aromatic N) is 3. The van der Waals surface area contributed by atoms with Crippen molar-refractivity contribution in [1.82, 2.24) is 5.01 Å². The molecule has 3 aliphatic heterocycles. The second-order valence-electron chi connectivity index (χ2n) is 8.42. The molecule has 3 heterocycles. The van der Waals surface area contributed by atoms with Gasteiger partial charge in [0.1, 0.15) is 6.04 Å². The van der Waals surface area contributed by atoms with Crippen molar-refractivity contribution in [3.63, 3.8) is 0 Å². The van der Waals surface area contributed by atoms with E-state index in [1.54, 1.807) is 53.7 Å². The summed E-state index contributed by atoms with van der Waals surface area (Å²) in [5.41, 5.74) is 2.80. The van der Waals surface area contributed by atoms with Crippen LogP contribution in [0.3, 0.4) is 0 Å². The lowest BCUT2D eigenvalue weighted by atomic mass is 9.83. The van der Waals surface area contributed by atoms with E-state index in [0.717, 1.165) is 15.6 Å². The van der Waals surface area contributed by atoms with Crippen LogP contribution < -0.4 is 4.90 Å². The highest BCUT2D eigenvalue weighted by molar-refractivity contribution is 9.10. The van der Waals surface area contributed by atoms with Gasteiger partial charge in [-0.05, 0) is 29.3 Å². The number of hydrogen-bond acceptors (Lipinski definition) is 5. The number of Topliss-reactive ketones (excluding diaryl/α,β-unsaturated/α-hetero) is 1. The summed E-state index contributed by atoms with van der Waals surface area (Å²) in [6, 6.07) is 22.4. The van der Waals surface area contributed by atoms with E-state index in [2.05, 4.69) is 21.0 Å². The van der Waals surface area contributed by atoms with Crippen LogP contribution in [0.15, 0.2) is 88.4 Å². The minimum atomic E-state index is -0.861. The van der Waals surface area contributed by atoms with Gasteiger partial charge in [-0.15, -0.1) is 0 Å². The molecule has 0 aliphatic carbocycles. The predicted molar refractivity (Wildman–Crippen MR) is 127 cm³/mol. The number of ketones is 1. The zero-order chi connectivity index (χ0) is 22.7. The topological polar surface area (TPSA) is 70.0 Å². The number of imide groups is 1. The van der Waals surface area contributed by atoms with Gasteiger partial charge < -0.3 is 0 Å². The van der Waals surface area contributed by atoms with Gasteiger partial charge >= 0.3 is 0 Å². The molecular weight excluding hydrogens is 482 g/mol. The number of benzene rings is 3. The quantitative estimate of drug-likeness (QED) is 0.399. The summed E-state index contributed by atoms with van der Waals surface area (Å²) in [5.74, 6) is -2.39. The molecule has 162 valence electrons. The molecule has 4 atom stereocenters. The van der Waals surface area contributed by atoms with Gasteiger partial charge in [-0.25, -0.2) is 4.90 Å². The van der Waals surface area contributed by atoms with Crippen molar-refractivity contribution in [1.29, 1.82) is 0 Å². The first-order chi connectivity index (χ1) is 16.1. The number of anilines is 1. The van der Waals surface area contributed by atoms with Crippen LogP contribution in [0.4, 0.5) is 5.69 Å². The molecule has 6 nitrogen and oxygen atoms in total. The van der Waals surface area contributed by atoms with Crippen LogP contribution in [0.2, 0.25) is 0 Å². The summed E-state index contributed by atoms with van der Waals surface area (Å²) in [7, 11) is 0. The number of fused-ring (bicyclic) bond motifs is 5. The predicted octanol–water partition coefficient (Wildman–Crippen LogP) is 4.21. The van der Waals surface area contributed by atoms with E-state index in [1.807, 2.05) is 36.4 Å². The number of halogens is 1. The zero-order valence-corrected chi connectivity index (χ0v) is 18.9. The molecule has 0 aromatic heterocycles. The van der Waals surface area contributed by atoms with Crippen LogP contribution in [0.1, 0.15) is 27.5 Å². The van der Waals surface area contributed by atoms with Crippen LogP contribution >= 0.6 is 15.9 Å². The minimum absolute atomic E-state index is 0.207. The lowest BCUT2D eigenvalue weighted by Gasteiger charge is -2.33. The lowest BCUT2D eigenvalue weighted by molar-refractivity contribution is -0.124. The number of hydrogen-bond donors (Lipinski definition) is 0. The Balaban J connectivity index is 1.51. The van der Waals surface area contributed by atoms with Crippen molar-refractivity contribution >= 4 is 45.4 Å². The lowest BCUT2D eigenvalue weighted by Crippen LogP contribution is -2.44. The largest absolute Gasteiger partial charge is 0.292 e. The summed E-state index contributed by atoms with van der Waals surface area (Å²) in [5, 5.41) is 6.26. The van der Waals surface area contributed by atoms with Crippen molar-refractivity contribution in [2.24, 2.45) is 16.9 Å². The fraction of sp³-hybridized carbons (Fsp3) is 0.154. The van der Waals surface area contributed by atoms with Crippen LogP contribution in [-0.4, -0.2) is 34.9 Å². The molecule has 3 aromatic rings. The van der Waals surface area contributed by atoms with Gasteiger partial charge in [0.15, 0.2) is 5.78 Å². The van der Waals surface area contributed by atoms with Crippen molar-refractivity contribution in [3.8, 4) is 0 Å². The number of rotatable bonds is 3. The highest BCUT2D eigenvalue weighted by Gasteiger charge is 2.65. The second kappa shape index (κ2) is 7.49. The normalized spacial score (nSPS) is 25.1. The molecule has 33 heavy (non-hydrogen) atoms. The van der Waals surface area contributed by atoms with E-state index in [-0.39, 0.29) is 17.6 Å². The molecule has 0 bridgehead atoms. The number of hydrazone groups is 1. The van der Waals surface area contributed by atoms with Crippen LogP contribution in [-0.2, 0) is 9.59 Å². The monoisotopic (exact) mass is 499 g/mol. The van der Waals surface area contributed by atoms with Gasteiger partial charge in [0.2, 0.25) is 11.8 Å². The van der Waals surface area contributed by atoms with E-state index < -0.39 is 23.9 Å². The maximum atomic E-state index is 13.8. The molecular formula is C26H18BrN3O3. The first-order valence-electron chi connectivity index (χ1n) is 10.7. The Labute approximate surface area is 198 Å². The minimum Gasteiger partial charge on any atom is -0.292 e. The van der Waals surface area contributed by atoms with Crippen LogP contribution in [0, 0.1) is 11.8 Å². The van der Waals surface area contributed by atoms with Crippen molar-refractivity contribution in [3.05, 3.63) is 100 Å². The Morgan fingerprint density at radius 2 is 1.58 bits per heavy atom. The summed E-state index contributed by atoms with van der Waals surface area (Å²) >= 11 is 3.42. The summed E-state index contributed by atoms with van der Waals surface area (Å²) < 4.78 is 0.767. The molecule has 2 amide bonds. The fourth-order valence-corrected chi connectivity index (χ4v) is 5.70. The van der Waals surface area contributed by atoms with Gasteiger partial charge in [-0.1, -0.05) is 76.6 Å². The number of amides is 2. The SMILES string of the molecule is O=C(c1ccccc1)[C@H]1[C@H]2C(=O)N(c3cccc(Br)c3)C(=O)[C@H]2[C@@H]2c3ccccc3C=NN12. The summed E-state index contributed by atoms with van der Waals surface area (Å²) in [6.07, 6.45) is 1.71. The molecule has 7 heteroatoms. The van der Waals surface area contributed by atoms with Crippen molar-refractivity contribution in [2.45, 2.75) is 12.1 Å². The Morgan fingerprint density at radius 1 is 0.848 bits per heavy atom. The number of carbonyl (C=O) groups excluding carboxylic acids is 3. The molecule has 6 rings (SSSR count). The Morgan fingerprint density at radius 3 is 2.36 bits per heavy atom. The van der Waals surface area contributed by atoms with Gasteiger partial charge in [-0.2, -0.15) is 5.10 Å². The average molecular weight is 500 g/mol. The molecule has 0 spiro atoms. The molecule has 0 saturated carbocycles. The molecule has 2 fully saturated rings. The van der Waals surface area contributed by atoms with Crippen molar-refractivity contribution < 1.29 is 14.4 Å². The number of carbonyl (C=O) groups is 3. The molecule has 0 unspecified atom stereocenters. The second-order valence-corrected chi connectivity index (χ2v) is 9.33. The summed E-state index contributed by atoms with van der Waals surface area (Å²) in [6.45, 7) is 0. The van der Waals surface area contributed by atoms with E-state index in [1.165, 1.54) is 4.90 Å². The Bertz CT molecular complexity index is 1340. The van der Waals surface area contributed by atoms with Gasteiger partial charge in [-0.3, -0.25) is 19.4 Å². The van der Waals surface area contributed by atoms with E-state index in [9.17, 15) is 14.4 Å². The van der Waals surface area contributed by atoms with E-state index in [4.69, 9.17) is 0 Å². The third-order valence-electron chi connectivity index (χ3n) is 6.69. The third-order valence-corrected chi connectivity index (χ3v) is 7.18. The zero-order valence-electron chi connectivity index (χ0n) is 17.3. The van der Waals surface area contributed by atoms with Gasteiger partial charge in [0.25, 0.3) is 0 Å².